The summed E-state index contributed by atoms with van der Waals surface area (Å²) in [4.78, 5) is 4.79. The molecule has 2 aliphatic heterocycles. The minimum absolute atomic E-state index is 0.0731. The van der Waals surface area contributed by atoms with Gasteiger partial charge in [0.1, 0.15) is 0 Å². The number of anilines is 3. The van der Waals surface area contributed by atoms with Gasteiger partial charge in [-0.05, 0) is 71.0 Å². The molecular weight excluding hydrogens is 623 g/mol. The van der Waals surface area contributed by atoms with Crippen LogP contribution in [0.3, 0.4) is 0 Å². The van der Waals surface area contributed by atoms with Crippen LogP contribution in [-0.4, -0.2) is 22.9 Å². The van der Waals surface area contributed by atoms with E-state index in [0.717, 1.165) is 23.4 Å². The van der Waals surface area contributed by atoms with E-state index in [4.69, 9.17) is 0 Å². The van der Waals surface area contributed by atoms with E-state index in [-0.39, 0.29) is 5.41 Å². The van der Waals surface area contributed by atoms with Gasteiger partial charge >= 0.3 is 0 Å². The summed E-state index contributed by atoms with van der Waals surface area (Å²) in [6.45, 7) is 10.2. The van der Waals surface area contributed by atoms with Gasteiger partial charge in [-0.25, -0.2) is 0 Å². The summed E-state index contributed by atoms with van der Waals surface area (Å²) < 4.78 is 6.87. The Bertz CT molecular complexity index is 2720. The first-order chi connectivity index (χ1) is 24.6. The molecule has 10 rings (SSSR count). The second-order valence-electron chi connectivity index (χ2n) is 15.6. The molecule has 5 heteroatoms. The fourth-order valence-corrected chi connectivity index (χ4v) is 8.87. The van der Waals surface area contributed by atoms with Crippen LogP contribution < -0.4 is 14.4 Å². The lowest BCUT2D eigenvalue weighted by atomic mass is 9.67. The number of rotatable bonds is 3. The number of benzene rings is 6. The molecule has 5 nitrogen and oxygen atoms in total. The van der Waals surface area contributed by atoms with Gasteiger partial charge in [-0.2, -0.15) is 0 Å². The lowest BCUT2D eigenvalue weighted by Gasteiger charge is -2.40. The quantitative estimate of drug-likeness (QED) is 0.139. The van der Waals surface area contributed by atoms with E-state index in [1.807, 2.05) is 0 Å². The van der Waals surface area contributed by atoms with Crippen LogP contribution in [0.1, 0.15) is 49.9 Å². The Hall–Kier alpha value is -5.81. The van der Waals surface area contributed by atoms with Gasteiger partial charge in [0.25, 0.3) is 0 Å². The molecule has 0 saturated carbocycles. The van der Waals surface area contributed by atoms with Crippen LogP contribution in [-0.2, 0) is 17.9 Å². The first kappa shape index (κ1) is 30.1. The minimum Gasteiger partial charge on any atom is -0.355 e. The normalized spacial score (nSPS) is 16.7. The van der Waals surface area contributed by atoms with Gasteiger partial charge in [0, 0.05) is 28.9 Å². The van der Waals surface area contributed by atoms with Crippen molar-refractivity contribution in [1.82, 2.24) is 9.13 Å². The van der Waals surface area contributed by atoms with Crippen molar-refractivity contribution in [3.8, 4) is 11.4 Å². The van der Waals surface area contributed by atoms with Gasteiger partial charge in [0.2, 0.25) is 6.33 Å². The number of nitrogens with zero attached hydrogens (tertiary/aromatic N) is 5. The zero-order valence-electron chi connectivity index (χ0n) is 30.1. The van der Waals surface area contributed by atoms with E-state index < -0.39 is 5.41 Å². The summed E-state index contributed by atoms with van der Waals surface area (Å²) in [5, 5.41) is 2.58. The average molecular weight is 664 g/mol. The molecule has 1 atom stereocenters. The number of aryl methyl sites for hydroxylation is 1. The third-order valence-corrected chi connectivity index (χ3v) is 11.6. The molecule has 6 aromatic carbocycles. The Morgan fingerprint density at radius 1 is 0.667 bits per heavy atom. The van der Waals surface area contributed by atoms with Crippen molar-refractivity contribution in [2.24, 2.45) is 7.05 Å². The lowest BCUT2D eigenvalue weighted by molar-refractivity contribution is -0.649. The number of aromatic nitrogens is 3. The molecule has 0 radical (unpaired) electrons. The Morgan fingerprint density at radius 2 is 1.39 bits per heavy atom. The first-order valence-corrected chi connectivity index (χ1v) is 17.9. The largest absolute Gasteiger partial charge is 0.355 e. The molecule has 2 aromatic heterocycles. The predicted molar refractivity (Wildman–Crippen MR) is 210 cm³/mol. The molecule has 4 heterocycles. The maximum atomic E-state index is 3.64. The fourth-order valence-electron chi connectivity index (χ4n) is 8.87. The summed E-state index contributed by atoms with van der Waals surface area (Å²) in [7, 11) is 4.27. The van der Waals surface area contributed by atoms with Crippen LogP contribution in [0.25, 0.3) is 44.2 Å². The van der Waals surface area contributed by atoms with Crippen molar-refractivity contribution in [1.29, 1.82) is 0 Å². The van der Waals surface area contributed by atoms with Crippen LogP contribution >= 0.6 is 0 Å². The van der Waals surface area contributed by atoms with Crippen LogP contribution in [0.4, 0.5) is 17.1 Å². The molecule has 0 amide bonds. The number of hydrogen-bond donors (Lipinski definition) is 0. The summed E-state index contributed by atoms with van der Waals surface area (Å²) in [6.07, 6.45) is 3.64. The van der Waals surface area contributed by atoms with E-state index in [0.29, 0.717) is 0 Å². The van der Waals surface area contributed by atoms with E-state index in [2.05, 4.69) is 199 Å². The molecule has 1 unspecified atom stereocenters. The van der Waals surface area contributed by atoms with Gasteiger partial charge in [-0.15, -0.1) is 0 Å². The van der Waals surface area contributed by atoms with Crippen molar-refractivity contribution in [2.75, 3.05) is 23.5 Å². The summed E-state index contributed by atoms with van der Waals surface area (Å²) in [5.74, 6) is 0. The molecule has 0 spiro atoms. The molecular formula is C46H41N5. The SMILES string of the molecule is CN1CN(c2ccc3c(c2)C(C)(c2cc(-n4[c-][n+](C)c5ccccc54)cc(C(C)(C)C)c2)c2cccc4c5ccccc5n-3c24)c2ccccc21. The highest BCUT2D eigenvalue weighted by Gasteiger charge is 2.41. The van der Waals surface area contributed by atoms with E-state index in [1.54, 1.807) is 0 Å². The fraction of sp³-hybridized carbons (Fsp3) is 0.196. The standard InChI is InChI=1S/C46H41N5/c1-45(2,3)30-24-31(26-33(25-30)50-29-48(6)41-19-10-12-21-43(41)50)46(4)36-16-13-15-35-34-14-7-8-17-38(34)51(44(35)36)39-23-22-32(27-37(39)46)49-28-47(5)40-18-9-11-20-42(40)49/h7-27H,28H2,1-6H3. The molecule has 51 heavy (non-hydrogen) atoms. The van der Waals surface area contributed by atoms with Crippen molar-refractivity contribution in [3.63, 3.8) is 0 Å². The van der Waals surface area contributed by atoms with E-state index in [1.165, 1.54) is 66.8 Å². The van der Waals surface area contributed by atoms with Crippen molar-refractivity contribution in [2.45, 2.75) is 38.5 Å². The van der Waals surface area contributed by atoms with Crippen LogP contribution in [0.2, 0.25) is 0 Å². The Morgan fingerprint density at radius 3 is 2.22 bits per heavy atom. The van der Waals surface area contributed by atoms with E-state index >= 15 is 0 Å². The molecule has 0 N–H and O–H groups in total. The monoisotopic (exact) mass is 663 g/mol. The lowest BCUT2D eigenvalue weighted by Crippen LogP contribution is -2.32. The molecule has 0 bridgehead atoms. The average Bonchev–Trinajstić information content (AvgIpc) is 3.79. The third kappa shape index (κ3) is 4.12. The maximum absolute atomic E-state index is 3.64. The zero-order chi connectivity index (χ0) is 34.8. The minimum atomic E-state index is -0.471. The molecule has 8 aromatic rings. The first-order valence-electron chi connectivity index (χ1n) is 17.9. The Balaban J connectivity index is 1.30. The molecule has 0 saturated heterocycles. The highest BCUT2D eigenvalue weighted by Crippen LogP contribution is 2.53. The predicted octanol–water partition coefficient (Wildman–Crippen LogP) is 9.86. The van der Waals surface area contributed by atoms with Crippen molar-refractivity contribution >= 4 is 49.9 Å². The smallest absolute Gasteiger partial charge is 0.244 e. The molecule has 0 fully saturated rings. The Kier molecular flexibility index (Phi) is 6.11. The maximum Gasteiger partial charge on any atom is 0.244 e. The number of para-hydroxylation sites is 6. The molecule has 0 aliphatic carbocycles. The number of imidazole rings is 1. The van der Waals surface area contributed by atoms with Crippen molar-refractivity contribution in [3.05, 3.63) is 156 Å². The van der Waals surface area contributed by atoms with E-state index in [9.17, 15) is 0 Å². The van der Waals surface area contributed by atoms with Gasteiger partial charge in [-0.1, -0.05) is 112 Å². The van der Waals surface area contributed by atoms with Crippen LogP contribution in [0.5, 0.6) is 0 Å². The number of fused-ring (bicyclic) bond motifs is 7. The summed E-state index contributed by atoms with van der Waals surface area (Å²) in [6, 6.07) is 47.6. The van der Waals surface area contributed by atoms with Gasteiger partial charge in [0.05, 0.1) is 58.5 Å². The van der Waals surface area contributed by atoms with Crippen molar-refractivity contribution < 1.29 is 4.57 Å². The second kappa shape index (κ2) is 10.4. The molecule has 250 valence electrons. The molecule has 2 aliphatic rings. The van der Waals surface area contributed by atoms with Gasteiger partial charge in [0.15, 0.2) is 0 Å². The Labute approximate surface area is 299 Å². The highest BCUT2D eigenvalue weighted by molar-refractivity contribution is 6.12. The highest BCUT2D eigenvalue weighted by atomic mass is 15.4. The second-order valence-corrected chi connectivity index (χ2v) is 15.6. The van der Waals surface area contributed by atoms with Crippen LogP contribution in [0, 0.1) is 6.33 Å². The zero-order valence-corrected chi connectivity index (χ0v) is 30.1. The topological polar surface area (TPSA) is 20.2 Å². The van der Waals surface area contributed by atoms with Crippen LogP contribution in [0.15, 0.2) is 127 Å². The van der Waals surface area contributed by atoms with Gasteiger partial charge in [-0.3, -0.25) is 0 Å². The number of hydrogen-bond acceptors (Lipinski definition) is 2. The summed E-state index contributed by atoms with van der Waals surface area (Å²) in [5.41, 5.74) is 15.6. The third-order valence-electron chi connectivity index (χ3n) is 11.6. The van der Waals surface area contributed by atoms with Gasteiger partial charge < -0.3 is 23.5 Å². The summed E-state index contributed by atoms with van der Waals surface area (Å²) >= 11 is 0.